The molecular formula is C15H21N3O. The lowest BCUT2D eigenvalue weighted by Gasteiger charge is -2.23. The molecular weight excluding hydrogens is 238 g/mol. The summed E-state index contributed by atoms with van der Waals surface area (Å²) in [5.74, 6) is 1.60. The lowest BCUT2D eigenvalue weighted by Crippen LogP contribution is -2.35. The second-order valence-electron chi connectivity index (χ2n) is 5.77. The van der Waals surface area contributed by atoms with Crippen LogP contribution in [0.4, 0.5) is 5.69 Å². The molecule has 0 bridgehead atoms. The summed E-state index contributed by atoms with van der Waals surface area (Å²) in [7, 11) is 1.85. The fraction of sp³-hybridized carbons (Fsp3) is 0.600. The Morgan fingerprint density at radius 1 is 1.32 bits per heavy atom. The van der Waals surface area contributed by atoms with Crippen molar-refractivity contribution < 1.29 is 4.79 Å². The molecule has 2 aliphatic carbocycles. The number of carbonyl (C=O) groups excluding carboxylic acids is 1. The molecule has 4 heteroatoms. The van der Waals surface area contributed by atoms with Gasteiger partial charge in [-0.25, -0.2) is 0 Å². The van der Waals surface area contributed by atoms with Crippen LogP contribution in [0.2, 0.25) is 0 Å². The van der Waals surface area contributed by atoms with Gasteiger partial charge in [-0.3, -0.25) is 9.78 Å². The summed E-state index contributed by atoms with van der Waals surface area (Å²) >= 11 is 0. The minimum atomic E-state index is 0.135. The van der Waals surface area contributed by atoms with Gasteiger partial charge >= 0.3 is 0 Å². The monoisotopic (exact) mass is 259 g/mol. The van der Waals surface area contributed by atoms with Gasteiger partial charge in [0.15, 0.2) is 0 Å². The summed E-state index contributed by atoms with van der Waals surface area (Å²) in [6.07, 6.45) is 8.51. The van der Waals surface area contributed by atoms with Crippen LogP contribution >= 0.6 is 0 Å². The predicted molar refractivity (Wildman–Crippen MR) is 75.1 cm³/mol. The fourth-order valence-corrected chi connectivity index (χ4v) is 2.42. The van der Waals surface area contributed by atoms with Gasteiger partial charge in [-0.15, -0.1) is 0 Å². The van der Waals surface area contributed by atoms with Crippen molar-refractivity contribution >= 4 is 11.6 Å². The molecule has 102 valence electrons. The highest BCUT2D eigenvalue weighted by Gasteiger charge is 2.32. The first-order valence-electron chi connectivity index (χ1n) is 7.19. The minimum absolute atomic E-state index is 0.135. The second kappa shape index (κ2) is 5.19. The maximum absolute atomic E-state index is 12.7. The van der Waals surface area contributed by atoms with E-state index >= 15 is 0 Å². The Morgan fingerprint density at radius 2 is 1.95 bits per heavy atom. The van der Waals surface area contributed by atoms with Crippen LogP contribution in [0.3, 0.4) is 0 Å². The van der Waals surface area contributed by atoms with Gasteiger partial charge in [0.2, 0.25) is 0 Å². The van der Waals surface area contributed by atoms with Crippen molar-refractivity contribution in [3.63, 3.8) is 0 Å². The highest BCUT2D eigenvalue weighted by molar-refractivity contribution is 5.99. The summed E-state index contributed by atoms with van der Waals surface area (Å²) in [4.78, 5) is 18.8. The Labute approximate surface area is 114 Å². The molecule has 19 heavy (non-hydrogen) atoms. The normalized spacial score (nSPS) is 18.2. The number of amides is 1. The van der Waals surface area contributed by atoms with E-state index in [9.17, 15) is 4.79 Å². The third kappa shape index (κ3) is 3.06. The van der Waals surface area contributed by atoms with Crippen LogP contribution in [0.15, 0.2) is 18.5 Å². The van der Waals surface area contributed by atoms with Gasteiger partial charge in [-0.1, -0.05) is 0 Å². The van der Waals surface area contributed by atoms with Crippen LogP contribution in [0.5, 0.6) is 0 Å². The van der Waals surface area contributed by atoms with Crippen molar-refractivity contribution in [2.75, 3.05) is 25.5 Å². The fourth-order valence-electron chi connectivity index (χ4n) is 2.42. The van der Waals surface area contributed by atoms with Crippen LogP contribution < -0.4 is 5.32 Å². The highest BCUT2D eigenvalue weighted by atomic mass is 16.2. The molecule has 0 saturated heterocycles. The van der Waals surface area contributed by atoms with Crippen molar-refractivity contribution in [3.8, 4) is 0 Å². The van der Waals surface area contributed by atoms with Gasteiger partial charge < -0.3 is 10.2 Å². The molecule has 0 unspecified atom stereocenters. The summed E-state index contributed by atoms with van der Waals surface area (Å²) in [5.41, 5.74) is 1.57. The number of nitrogens with one attached hydrogen (secondary N) is 1. The summed E-state index contributed by atoms with van der Waals surface area (Å²) in [5, 5.41) is 3.08. The molecule has 2 saturated carbocycles. The van der Waals surface area contributed by atoms with Gasteiger partial charge in [0.25, 0.3) is 5.91 Å². The van der Waals surface area contributed by atoms with Crippen molar-refractivity contribution in [3.05, 3.63) is 24.0 Å². The molecule has 0 atom stereocenters. The van der Waals surface area contributed by atoms with Crippen LogP contribution in [0.1, 0.15) is 36.0 Å². The first-order chi connectivity index (χ1) is 9.28. The van der Waals surface area contributed by atoms with E-state index in [0.717, 1.165) is 30.6 Å². The van der Waals surface area contributed by atoms with E-state index in [1.165, 1.54) is 25.7 Å². The van der Waals surface area contributed by atoms with Crippen LogP contribution in [0.25, 0.3) is 0 Å². The maximum atomic E-state index is 12.7. The molecule has 1 N–H and O–H groups in total. The van der Waals surface area contributed by atoms with E-state index in [2.05, 4.69) is 10.3 Å². The number of hydrogen-bond donors (Lipinski definition) is 1. The Morgan fingerprint density at radius 3 is 2.47 bits per heavy atom. The predicted octanol–water partition coefficient (Wildman–Crippen LogP) is 2.39. The van der Waals surface area contributed by atoms with Crippen LogP contribution in [-0.2, 0) is 0 Å². The lowest BCUT2D eigenvalue weighted by atomic mass is 10.2. The smallest absolute Gasteiger partial charge is 0.257 e. The second-order valence-corrected chi connectivity index (χ2v) is 5.77. The molecule has 0 spiro atoms. The van der Waals surface area contributed by atoms with Gasteiger partial charge in [0.05, 0.1) is 5.56 Å². The van der Waals surface area contributed by atoms with Crippen molar-refractivity contribution in [2.24, 2.45) is 11.8 Å². The van der Waals surface area contributed by atoms with E-state index < -0.39 is 0 Å². The van der Waals surface area contributed by atoms with Crippen molar-refractivity contribution in [1.82, 2.24) is 9.88 Å². The third-order valence-electron chi connectivity index (χ3n) is 3.96. The minimum Gasteiger partial charge on any atom is -0.387 e. The third-order valence-corrected chi connectivity index (χ3v) is 3.96. The quantitative estimate of drug-likeness (QED) is 0.853. The largest absolute Gasteiger partial charge is 0.387 e. The molecule has 3 rings (SSSR count). The molecule has 0 aromatic carbocycles. The molecule has 1 aromatic rings. The topological polar surface area (TPSA) is 45.2 Å². The van der Waals surface area contributed by atoms with E-state index in [1.807, 2.05) is 18.0 Å². The average molecular weight is 259 g/mol. The molecule has 2 fully saturated rings. The summed E-state index contributed by atoms with van der Waals surface area (Å²) < 4.78 is 0. The molecule has 2 aliphatic rings. The first-order valence-corrected chi connectivity index (χ1v) is 7.19. The number of rotatable bonds is 6. The zero-order chi connectivity index (χ0) is 13.2. The van der Waals surface area contributed by atoms with Gasteiger partial charge in [0, 0.05) is 38.2 Å². The van der Waals surface area contributed by atoms with E-state index in [0.29, 0.717) is 5.56 Å². The number of pyridine rings is 1. The number of nitrogens with zero attached hydrogens (tertiary/aromatic N) is 2. The van der Waals surface area contributed by atoms with Crippen LogP contribution in [-0.4, -0.2) is 35.9 Å². The maximum Gasteiger partial charge on any atom is 0.257 e. The summed E-state index contributed by atoms with van der Waals surface area (Å²) in [6, 6.07) is 1.86. The van der Waals surface area contributed by atoms with E-state index in [4.69, 9.17) is 0 Å². The molecule has 0 aliphatic heterocycles. The molecule has 1 amide bonds. The Hall–Kier alpha value is -1.58. The number of aromatic nitrogens is 1. The Kier molecular flexibility index (Phi) is 3.40. The SMILES string of the molecule is CNc1ccncc1C(=O)N(CC1CC1)CC1CC1. The number of anilines is 1. The number of hydrogen-bond acceptors (Lipinski definition) is 3. The highest BCUT2D eigenvalue weighted by Crippen LogP contribution is 2.34. The van der Waals surface area contributed by atoms with E-state index in [1.54, 1.807) is 12.4 Å². The molecule has 4 nitrogen and oxygen atoms in total. The van der Waals surface area contributed by atoms with E-state index in [-0.39, 0.29) is 5.91 Å². The Bertz CT molecular complexity index is 452. The van der Waals surface area contributed by atoms with Crippen molar-refractivity contribution in [1.29, 1.82) is 0 Å². The van der Waals surface area contributed by atoms with Gasteiger partial charge in [-0.2, -0.15) is 0 Å². The number of carbonyl (C=O) groups is 1. The standard InChI is InChI=1S/C15H21N3O/c1-16-14-6-7-17-8-13(14)15(19)18(9-11-2-3-11)10-12-4-5-12/h6-8,11-12H,2-5,9-10H2,1H3,(H,16,17). The Balaban J connectivity index is 1.76. The zero-order valence-corrected chi connectivity index (χ0v) is 11.4. The van der Waals surface area contributed by atoms with Gasteiger partial charge in [0.1, 0.15) is 0 Å². The zero-order valence-electron chi connectivity index (χ0n) is 11.4. The first kappa shape index (κ1) is 12.5. The van der Waals surface area contributed by atoms with Gasteiger partial charge in [-0.05, 0) is 43.6 Å². The molecule has 1 heterocycles. The lowest BCUT2D eigenvalue weighted by molar-refractivity contribution is 0.0740. The van der Waals surface area contributed by atoms with Crippen LogP contribution in [0, 0.1) is 11.8 Å². The molecule has 1 aromatic heterocycles. The average Bonchev–Trinajstić information content (AvgIpc) is 3.32. The summed E-state index contributed by atoms with van der Waals surface area (Å²) in [6.45, 7) is 1.85. The van der Waals surface area contributed by atoms with Crippen molar-refractivity contribution in [2.45, 2.75) is 25.7 Å². The molecule has 0 radical (unpaired) electrons.